The van der Waals surface area contributed by atoms with Crippen LogP contribution in [0.1, 0.15) is 53.4 Å². The maximum Gasteiger partial charge on any atom is 0.251 e. The summed E-state index contributed by atoms with van der Waals surface area (Å²) in [7, 11) is 0. The summed E-state index contributed by atoms with van der Waals surface area (Å²) in [6.07, 6.45) is 3.53. The van der Waals surface area contributed by atoms with E-state index in [2.05, 4.69) is 23.5 Å². The number of ether oxygens (including phenoxy) is 1. The Kier molecular flexibility index (Phi) is 5.10. The van der Waals surface area contributed by atoms with Crippen LogP contribution in [0, 0.1) is 0 Å². The molecule has 4 heteroatoms. The first-order valence-corrected chi connectivity index (χ1v) is 8.81. The van der Waals surface area contributed by atoms with Gasteiger partial charge in [0.25, 0.3) is 5.91 Å². The second kappa shape index (κ2) is 7.27. The topological polar surface area (TPSA) is 38.3 Å². The van der Waals surface area contributed by atoms with Crippen LogP contribution in [0.4, 0.5) is 0 Å². The minimum absolute atomic E-state index is 0.0475. The average molecular weight is 344 g/mol. The number of amides is 1. The number of nitrogens with one attached hydrogen (secondary N) is 1. The van der Waals surface area contributed by atoms with Crippen molar-refractivity contribution in [2.75, 3.05) is 6.61 Å². The van der Waals surface area contributed by atoms with Gasteiger partial charge in [0.05, 0.1) is 17.7 Å². The summed E-state index contributed by atoms with van der Waals surface area (Å²) >= 11 is 6.16. The molecule has 1 atom stereocenters. The number of rotatable bonds is 5. The third kappa shape index (κ3) is 3.57. The second-order valence-electron chi connectivity index (χ2n) is 6.16. The van der Waals surface area contributed by atoms with E-state index in [4.69, 9.17) is 16.3 Å². The second-order valence-corrected chi connectivity index (χ2v) is 6.56. The molecule has 0 bridgehead atoms. The van der Waals surface area contributed by atoms with Crippen molar-refractivity contribution in [1.82, 2.24) is 5.32 Å². The van der Waals surface area contributed by atoms with Gasteiger partial charge in [0.15, 0.2) is 0 Å². The predicted molar refractivity (Wildman–Crippen MR) is 97.0 cm³/mol. The molecule has 0 aliphatic heterocycles. The first-order valence-electron chi connectivity index (χ1n) is 8.43. The molecule has 2 aromatic carbocycles. The monoisotopic (exact) mass is 343 g/mol. The van der Waals surface area contributed by atoms with E-state index in [1.54, 1.807) is 18.2 Å². The van der Waals surface area contributed by atoms with Gasteiger partial charge in [0.2, 0.25) is 0 Å². The van der Waals surface area contributed by atoms with Crippen molar-refractivity contribution in [3.05, 3.63) is 63.7 Å². The first kappa shape index (κ1) is 16.8. The van der Waals surface area contributed by atoms with E-state index >= 15 is 0 Å². The number of hydrogen-bond acceptors (Lipinski definition) is 2. The van der Waals surface area contributed by atoms with Crippen LogP contribution >= 0.6 is 11.6 Å². The smallest absolute Gasteiger partial charge is 0.251 e. The number of carbonyl (C=O) groups excluding carboxylic acids is 1. The molecule has 0 saturated heterocycles. The number of benzene rings is 2. The Hall–Kier alpha value is -2.00. The Morgan fingerprint density at radius 1 is 1.21 bits per heavy atom. The summed E-state index contributed by atoms with van der Waals surface area (Å²) in [4.78, 5) is 12.5. The van der Waals surface area contributed by atoms with Gasteiger partial charge in [-0.15, -0.1) is 0 Å². The molecule has 1 aliphatic rings. The van der Waals surface area contributed by atoms with E-state index in [0.717, 1.165) is 12.0 Å². The highest BCUT2D eigenvalue weighted by Crippen LogP contribution is 2.27. The van der Waals surface area contributed by atoms with Gasteiger partial charge < -0.3 is 10.1 Å². The Balaban J connectivity index is 1.71. The Morgan fingerprint density at radius 2 is 2.00 bits per heavy atom. The van der Waals surface area contributed by atoms with E-state index in [9.17, 15) is 4.79 Å². The standard InChI is InChI=1S/C20H22ClNO2/c1-3-24-19-10-9-17(12-18(19)21)20(23)22-13(2)15-8-7-14-5-4-6-16(14)11-15/h7-13H,3-6H2,1-2H3,(H,22,23)/t13-/m1/s1. The summed E-state index contributed by atoms with van der Waals surface area (Å²) in [5.41, 5.74) is 4.53. The van der Waals surface area contributed by atoms with Crippen molar-refractivity contribution < 1.29 is 9.53 Å². The van der Waals surface area contributed by atoms with Crippen LogP contribution < -0.4 is 10.1 Å². The molecular formula is C20H22ClNO2. The highest BCUT2D eigenvalue weighted by atomic mass is 35.5. The summed E-state index contributed by atoms with van der Waals surface area (Å²) in [6, 6.07) is 11.6. The fourth-order valence-corrected chi connectivity index (χ4v) is 3.37. The van der Waals surface area contributed by atoms with Crippen LogP contribution in [0.15, 0.2) is 36.4 Å². The number of carbonyl (C=O) groups is 1. The van der Waals surface area contributed by atoms with Crippen molar-refractivity contribution in [2.45, 2.75) is 39.2 Å². The number of hydrogen-bond donors (Lipinski definition) is 1. The van der Waals surface area contributed by atoms with Crippen LogP contribution in [0.5, 0.6) is 5.75 Å². The van der Waals surface area contributed by atoms with E-state index in [-0.39, 0.29) is 11.9 Å². The molecule has 3 nitrogen and oxygen atoms in total. The van der Waals surface area contributed by atoms with Crippen molar-refractivity contribution >= 4 is 17.5 Å². The summed E-state index contributed by atoms with van der Waals surface area (Å²) in [6.45, 7) is 4.45. The lowest BCUT2D eigenvalue weighted by atomic mass is 10.0. The molecule has 2 aromatic rings. The normalized spacial score (nSPS) is 14.1. The first-order chi connectivity index (χ1) is 11.6. The maximum atomic E-state index is 12.5. The molecule has 24 heavy (non-hydrogen) atoms. The molecule has 0 radical (unpaired) electrons. The molecule has 1 amide bonds. The molecule has 0 saturated carbocycles. The van der Waals surface area contributed by atoms with Crippen molar-refractivity contribution in [3.63, 3.8) is 0 Å². The minimum Gasteiger partial charge on any atom is -0.492 e. The zero-order chi connectivity index (χ0) is 17.1. The molecule has 1 N–H and O–H groups in total. The zero-order valence-corrected chi connectivity index (χ0v) is 14.8. The van der Waals surface area contributed by atoms with Gasteiger partial charge in [0, 0.05) is 5.56 Å². The number of halogens is 1. The molecule has 0 unspecified atom stereocenters. The Bertz CT molecular complexity index is 757. The van der Waals surface area contributed by atoms with Crippen molar-refractivity contribution in [1.29, 1.82) is 0 Å². The fraction of sp³-hybridized carbons (Fsp3) is 0.350. The number of aryl methyl sites for hydroxylation is 2. The lowest BCUT2D eigenvalue weighted by Crippen LogP contribution is -2.26. The van der Waals surface area contributed by atoms with Gasteiger partial charge in [-0.2, -0.15) is 0 Å². The maximum absolute atomic E-state index is 12.5. The van der Waals surface area contributed by atoms with Gasteiger partial charge in [0.1, 0.15) is 5.75 Å². The molecule has 1 aliphatic carbocycles. The highest BCUT2D eigenvalue weighted by Gasteiger charge is 2.16. The van der Waals surface area contributed by atoms with E-state index in [0.29, 0.717) is 22.9 Å². The van der Waals surface area contributed by atoms with Crippen LogP contribution in [-0.4, -0.2) is 12.5 Å². The molecule has 0 spiro atoms. The lowest BCUT2D eigenvalue weighted by Gasteiger charge is -2.16. The van der Waals surface area contributed by atoms with Crippen molar-refractivity contribution in [3.8, 4) is 5.75 Å². The summed E-state index contributed by atoms with van der Waals surface area (Å²) in [5, 5.41) is 3.50. The highest BCUT2D eigenvalue weighted by molar-refractivity contribution is 6.32. The quantitative estimate of drug-likeness (QED) is 0.853. The van der Waals surface area contributed by atoms with Crippen molar-refractivity contribution in [2.24, 2.45) is 0 Å². The Morgan fingerprint density at radius 3 is 2.75 bits per heavy atom. The zero-order valence-electron chi connectivity index (χ0n) is 14.1. The Labute approximate surface area is 148 Å². The minimum atomic E-state index is -0.132. The molecular weight excluding hydrogens is 322 g/mol. The van der Waals surface area contributed by atoms with Crippen LogP contribution in [0.2, 0.25) is 5.02 Å². The summed E-state index contributed by atoms with van der Waals surface area (Å²) < 4.78 is 5.40. The van der Waals surface area contributed by atoms with Gasteiger partial charge in [-0.3, -0.25) is 4.79 Å². The molecule has 3 rings (SSSR count). The van der Waals surface area contributed by atoms with Gasteiger partial charge in [-0.25, -0.2) is 0 Å². The molecule has 0 aromatic heterocycles. The SMILES string of the molecule is CCOc1ccc(C(=O)N[C@H](C)c2ccc3c(c2)CCC3)cc1Cl. The third-order valence-electron chi connectivity index (χ3n) is 4.46. The van der Waals surface area contributed by atoms with E-state index in [1.807, 2.05) is 13.8 Å². The third-order valence-corrected chi connectivity index (χ3v) is 4.76. The molecule has 126 valence electrons. The largest absolute Gasteiger partial charge is 0.492 e. The average Bonchev–Trinajstić information content (AvgIpc) is 3.04. The van der Waals surface area contributed by atoms with E-state index < -0.39 is 0 Å². The van der Waals surface area contributed by atoms with Crippen LogP contribution in [0.3, 0.4) is 0 Å². The van der Waals surface area contributed by atoms with Gasteiger partial charge in [-0.05, 0) is 68.0 Å². The number of fused-ring (bicyclic) bond motifs is 1. The fourth-order valence-electron chi connectivity index (χ4n) is 3.14. The van der Waals surface area contributed by atoms with Gasteiger partial charge in [-0.1, -0.05) is 29.8 Å². The molecule has 0 heterocycles. The molecule has 0 fully saturated rings. The van der Waals surface area contributed by atoms with Crippen LogP contribution in [0.25, 0.3) is 0 Å². The summed E-state index contributed by atoms with van der Waals surface area (Å²) in [5.74, 6) is 0.468. The van der Waals surface area contributed by atoms with E-state index in [1.165, 1.54) is 24.0 Å². The lowest BCUT2D eigenvalue weighted by molar-refractivity contribution is 0.0940. The van der Waals surface area contributed by atoms with Crippen LogP contribution in [-0.2, 0) is 12.8 Å². The predicted octanol–water partition coefficient (Wildman–Crippen LogP) is 4.72. The van der Waals surface area contributed by atoms with Gasteiger partial charge >= 0.3 is 0 Å².